The molecule has 1 saturated heterocycles. The Bertz CT molecular complexity index is 1640. The molecule has 0 N–H and O–H groups in total. The van der Waals surface area contributed by atoms with Gasteiger partial charge in [0.05, 0.1) is 0 Å². The van der Waals surface area contributed by atoms with Crippen molar-refractivity contribution in [1.29, 1.82) is 0 Å². The molecule has 4 aromatic rings. The van der Waals surface area contributed by atoms with E-state index in [1.165, 1.54) is 86.5 Å². The number of hydrogen-bond donors (Lipinski definition) is 0. The maximum atomic E-state index is 2.77. The minimum atomic E-state index is -2.82. The van der Waals surface area contributed by atoms with E-state index in [2.05, 4.69) is 109 Å². The van der Waals surface area contributed by atoms with Gasteiger partial charge in [0.1, 0.15) is 0 Å². The predicted octanol–water partition coefficient (Wildman–Crippen LogP) is 6.77. The zero-order chi connectivity index (χ0) is 29.8. The second-order valence-corrected chi connectivity index (χ2v) is 26.3. The maximum absolute atomic E-state index is 2.82. The summed E-state index contributed by atoms with van der Waals surface area (Å²) in [5.41, 5.74) is 16.1. The van der Waals surface area contributed by atoms with Crippen molar-refractivity contribution in [2.45, 2.75) is 79.7 Å². The van der Waals surface area contributed by atoms with Crippen LogP contribution in [0, 0.1) is 11.8 Å². The summed E-state index contributed by atoms with van der Waals surface area (Å²) in [6.07, 6.45) is 19.7. The second-order valence-electron chi connectivity index (χ2n) is 14.9. The summed E-state index contributed by atoms with van der Waals surface area (Å²) in [6.45, 7) is 0. The summed E-state index contributed by atoms with van der Waals surface area (Å²) < 4.78 is 4.60. The van der Waals surface area contributed by atoms with E-state index in [1.807, 2.05) is 11.1 Å². The molecule has 0 nitrogen and oxygen atoms in total. The molecular weight excluding hydrogens is 691 g/mol. The zero-order valence-corrected chi connectivity index (χ0v) is 31.4. The van der Waals surface area contributed by atoms with Gasteiger partial charge in [-0.3, -0.25) is 0 Å². The molecule has 5 aliphatic rings. The Morgan fingerprint density at radius 3 is 1.21 bits per heavy atom. The fourth-order valence-corrected chi connectivity index (χ4v) is 28.0. The van der Waals surface area contributed by atoms with Gasteiger partial charge in [-0.2, -0.15) is 0 Å². The third-order valence-corrected chi connectivity index (χ3v) is 25.4. The molecule has 9 rings (SSSR count). The van der Waals surface area contributed by atoms with E-state index in [4.69, 9.17) is 0 Å². The van der Waals surface area contributed by atoms with Gasteiger partial charge in [0.15, 0.2) is 0 Å². The molecule has 0 bridgehead atoms. The van der Waals surface area contributed by atoms with Crippen molar-refractivity contribution < 1.29 is 45.1 Å². The topological polar surface area (TPSA) is 0 Å². The van der Waals surface area contributed by atoms with E-state index >= 15 is 0 Å². The number of hydrogen-bond acceptors (Lipinski definition) is 0. The van der Waals surface area contributed by atoms with Crippen LogP contribution in [0.5, 0.6) is 0 Å². The quantitative estimate of drug-likeness (QED) is 0.205. The molecule has 2 unspecified atom stereocenters. The molecule has 0 amide bonds. The summed E-state index contributed by atoms with van der Waals surface area (Å²) >= 11 is -2.82. The maximum Gasteiger partial charge on any atom is -1.00 e. The molecule has 2 saturated carbocycles. The summed E-state index contributed by atoms with van der Waals surface area (Å²) in [5.74, 6) is 1.57. The van der Waals surface area contributed by atoms with Crippen molar-refractivity contribution >= 4 is 12.2 Å². The van der Waals surface area contributed by atoms with Crippen LogP contribution < -0.4 is 24.8 Å². The third kappa shape index (κ3) is 5.81. The van der Waals surface area contributed by atoms with Crippen molar-refractivity contribution in [3.8, 4) is 22.3 Å². The summed E-state index contributed by atoms with van der Waals surface area (Å²) in [7, 11) is 0. The molecule has 240 valence electrons. The Morgan fingerprint density at radius 1 is 0.426 bits per heavy atom. The monoisotopic (exact) mass is 734 g/mol. The zero-order valence-electron chi connectivity index (χ0n) is 27.4. The van der Waals surface area contributed by atoms with Crippen LogP contribution in [0.4, 0.5) is 0 Å². The van der Waals surface area contributed by atoms with E-state index in [-0.39, 0.29) is 24.8 Å². The molecule has 0 aromatic heterocycles. The number of allylic oxidation sites excluding steroid dienone is 2. The van der Waals surface area contributed by atoms with Gasteiger partial charge in [-0.25, -0.2) is 0 Å². The van der Waals surface area contributed by atoms with E-state index in [0.717, 1.165) is 19.1 Å². The first kappa shape index (κ1) is 33.3. The van der Waals surface area contributed by atoms with Crippen molar-refractivity contribution in [2.75, 3.05) is 0 Å². The van der Waals surface area contributed by atoms with Crippen LogP contribution in [0.15, 0.2) is 108 Å². The van der Waals surface area contributed by atoms with Crippen molar-refractivity contribution in [3.05, 3.63) is 130 Å². The second kappa shape index (κ2) is 14.0. The van der Waals surface area contributed by atoms with E-state index in [0.29, 0.717) is 0 Å². The van der Waals surface area contributed by atoms with Crippen molar-refractivity contribution in [2.24, 2.45) is 11.8 Å². The number of rotatable bonds is 6. The largest absolute Gasteiger partial charge is 1.00 e. The average Bonchev–Trinajstić information content (AvgIpc) is 3.64. The molecule has 47 heavy (non-hydrogen) atoms. The normalized spacial score (nSPS) is 22.4. The standard InChI is InChI=1S/2C21H21.C2H4.2ClH.Zr/c2*1-3-8-16(9-4-1)19-14-18-12-7-13-20(21(18)15-19)17-10-5-2-6-11-17;1-2;;;/h2*2,5-7,10-16H,1,3-4,8-9H2;1-2H2;2*1H;/q;;;;;+2/p-2. The first-order chi connectivity index (χ1) is 22.3. The molecule has 2 atom stereocenters. The minimum absolute atomic E-state index is 0. The van der Waals surface area contributed by atoms with Gasteiger partial charge >= 0.3 is 277 Å². The predicted molar refractivity (Wildman–Crippen MR) is 188 cm³/mol. The Hall–Kier alpha value is -2.18. The van der Waals surface area contributed by atoms with Crippen LogP contribution in [-0.4, -0.2) is 0 Å². The molecular formula is C44H46Cl2Zr. The van der Waals surface area contributed by atoms with Crippen LogP contribution in [0.25, 0.3) is 34.4 Å². The third-order valence-electron chi connectivity index (χ3n) is 12.5. The van der Waals surface area contributed by atoms with Crippen molar-refractivity contribution in [3.63, 3.8) is 0 Å². The number of benzene rings is 4. The van der Waals surface area contributed by atoms with Gasteiger partial charge in [0.25, 0.3) is 0 Å². The fourth-order valence-electron chi connectivity index (χ4n) is 10.3. The van der Waals surface area contributed by atoms with Crippen LogP contribution >= 0.6 is 0 Å². The summed E-state index contributed by atoms with van der Waals surface area (Å²) in [4.78, 5) is 0. The SMILES string of the molecule is C1=C(C2CCCCC2)[CH]([Zr+2]2([CH]3C(C4CCCCC4)=Cc4c(-c5ccccc5)cccc43)[CH2][CH2]2)c2cccc(-c3ccccc3)c21.[Cl-].[Cl-]. The molecule has 3 heteroatoms. The van der Waals surface area contributed by atoms with Crippen LogP contribution in [-0.2, 0) is 20.3 Å². The van der Waals surface area contributed by atoms with Gasteiger partial charge in [0.2, 0.25) is 0 Å². The fraction of sp³-hybridized carbons (Fsp3) is 0.364. The van der Waals surface area contributed by atoms with Crippen LogP contribution in [0.1, 0.15) is 93.7 Å². The molecule has 0 radical (unpaired) electrons. The molecule has 0 spiro atoms. The first-order valence-corrected chi connectivity index (χ1v) is 24.4. The Kier molecular flexibility index (Phi) is 9.91. The first-order valence-electron chi connectivity index (χ1n) is 18.1. The van der Waals surface area contributed by atoms with Gasteiger partial charge in [0, 0.05) is 0 Å². The van der Waals surface area contributed by atoms with Gasteiger partial charge < -0.3 is 24.8 Å². The van der Waals surface area contributed by atoms with E-state index in [9.17, 15) is 0 Å². The Morgan fingerprint density at radius 2 is 0.830 bits per heavy atom. The van der Waals surface area contributed by atoms with E-state index in [1.54, 1.807) is 30.5 Å². The average molecular weight is 737 g/mol. The smallest absolute Gasteiger partial charge is 1.00 e. The van der Waals surface area contributed by atoms with E-state index < -0.39 is 20.3 Å². The van der Waals surface area contributed by atoms with Gasteiger partial charge in [-0.05, 0) is 0 Å². The molecule has 3 fully saturated rings. The molecule has 4 aliphatic carbocycles. The van der Waals surface area contributed by atoms with Gasteiger partial charge in [-0.1, -0.05) is 0 Å². The van der Waals surface area contributed by atoms with Crippen LogP contribution in [0.2, 0.25) is 8.26 Å². The summed E-state index contributed by atoms with van der Waals surface area (Å²) in [5, 5.41) is 0. The number of halogens is 2. The Labute approximate surface area is 299 Å². The van der Waals surface area contributed by atoms with Crippen LogP contribution in [0.3, 0.4) is 0 Å². The van der Waals surface area contributed by atoms with Crippen molar-refractivity contribution in [1.82, 2.24) is 0 Å². The number of fused-ring (bicyclic) bond motifs is 2. The molecule has 1 heterocycles. The summed E-state index contributed by atoms with van der Waals surface area (Å²) in [6, 6.07) is 37.3. The Balaban J connectivity index is 0.00000176. The minimum Gasteiger partial charge on any atom is -1.00 e. The molecule has 4 aromatic carbocycles. The molecule has 1 aliphatic heterocycles. The van der Waals surface area contributed by atoms with Gasteiger partial charge in [-0.15, -0.1) is 0 Å².